The maximum atomic E-state index is 13.9. The molecule has 2 rings (SSSR count). The fourth-order valence-corrected chi connectivity index (χ4v) is 4.66. The Kier molecular flexibility index (Phi) is 4.75. The third-order valence-corrected chi connectivity index (χ3v) is 5.53. The number of nitrogens with one attached hydrogen (secondary N) is 1. The molecule has 0 bridgehead atoms. The average molecular weight is 303 g/mol. The Bertz CT molecular complexity index is 554. The van der Waals surface area contributed by atoms with Crippen molar-refractivity contribution in [3.8, 4) is 0 Å². The molecule has 0 radical (unpaired) electrons. The lowest BCUT2D eigenvalue weighted by atomic mass is 9.93. The van der Waals surface area contributed by atoms with Crippen molar-refractivity contribution >= 4 is 9.84 Å². The summed E-state index contributed by atoms with van der Waals surface area (Å²) >= 11 is 0. The molecular weight excluding hydrogens is 284 g/mol. The third-order valence-electron chi connectivity index (χ3n) is 3.69. The minimum atomic E-state index is -2.97. The van der Waals surface area contributed by atoms with Crippen molar-refractivity contribution in [1.82, 2.24) is 5.32 Å². The topological polar surface area (TPSA) is 46.2 Å². The molecule has 1 aliphatic rings. The van der Waals surface area contributed by atoms with Gasteiger partial charge >= 0.3 is 0 Å². The summed E-state index contributed by atoms with van der Waals surface area (Å²) < 4.78 is 50.7. The summed E-state index contributed by atoms with van der Waals surface area (Å²) in [4.78, 5) is 0. The highest BCUT2D eigenvalue weighted by molar-refractivity contribution is 7.91. The molecule has 0 aliphatic carbocycles. The minimum Gasteiger partial charge on any atom is -0.310 e. The van der Waals surface area contributed by atoms with Crippen LogP contribution in [0.1, 0.15) is 31.4 Å². The number of benzene rings is 1. The second-order valence-corrected chi connectivity index (χ2v) is 7.48. The van der Waals surface area contributed by atoms with Crippen molar-refractivity contribution in [3.63, 3.8) is 0 Å². The zero-order valence-electron chi connectivity index (χ0n) is 11.4. The normalized spacial score (nSPS) is 22.9. The molecule has 3 nitrogen and oxygen atoms in total. The standard InChI is InChI=1S/C14H19F2NO2S/c1-2-17-13(8-10-6-7-20(18,19)9-10)14-11(15)4-3-5-12(14)16/h3-5,10,13,17H,2,6-9H2,1H3. The Morgan fingerprint density at radius 2 is 2.00 bits per heavy atom. The first-order valence-electron chi connectivity index (χ1n) is 6.80. The van der Waals surface area contributed by atoms with E-state index in [-0.39, 0.29) is 23.0 Å². The fraction of sp³-hybridized carbons (Fsp3) is 0.571. The summed E-state index contributed by atoms with van der Waals surface area (Å²) in [7, 11) is -2.97. The van der Waals surface area contributed by atoms with Crippen molar-refractivity contribution in [2.24, 2.45) is 5.92 Å². The minimum absolute atomic E-state index is 0.0126. The van der Waals surface area contributed by atoms with Gasteiger partial charge < -0.3 is 5.32 Å². The highest BCUT2D eigenvalue weighted by atomic mass is 32.2. The van der Waals surface area contributed by atoms with Gasteiger partial charge in [-0.15, -0.1) is 0 Å². The molecule has 0 spiro atoms. The molecule has 2 atom stereocenters. The van der Waals surface area contributed by atoms with Gasteiger partial charge in [-0.05, 0) is 37.4 Å². The van der Waals surface area contributed by atoms with Gasteiger partial charge in [-0.3, -0.25) is 0 Å². The Labute approximate surface area is 118 Å². The summed E-state index contributed by atoms with van der Waals surface area (Å²) in [5, 5.41) is 3.06. The van der Waals surface area contributed by atoms with E-state index in [1.54, 1.807) is 0 Å². The molecule has 0 saturated carbocycles. The molecule has 0 aromatic heterocycles. The second-order valence-electron chi connectivity index (χ2n) is 5.25. The molecule has 1 fully saturated rings. The van der Waals surface area contributed by atoms with E-state index in [4.69, 9.17) is 0 Å². The quantitative estimate of drug-likeness (QED) is 0.909. The predicted octanol–water partition coefficient (Wildman–Crippen LogP) is 2.44. The van der Waals surface area contributed by atoms with Crippen molar-refractivity contribution in [1.29, 1.82) is 0 Å². The van der Waals surface area contributed by atoms with Crippen LogP contribution in [0.15, 0.2) is 18.2 Å². The predicted molar refractivity (Wildman–Crippen MR) is 74.2 cm³/mol. The molecule has 1 aliphatic heterocycles. The number of rotatable bonds is 5. The molecule has 1 heterocycles. The first kappa shape index (κ1) is 15.4. The molecule has 6 heteroatoms. The summed E-state index contributed by atoms with van der Waals surface area (Å²) in [6.07, 6.45) is 1.01. The van der Waals surface area contributed by atoms with Gasteiger partial charge in [0.15, 0.2) is 9.84 Å². The maximum absolute atomic E-state index is 13.9. The summed E-state index contributed by atoms with van der Waals surface area (Å²) in [6, 6.07) is 3.30. The van der Waals surface area contributed by atoms with Crippen LogP contribution in [0.2, 0.25) is 0 Å². The van der Waals surface area contributed by atoms with Crippen LogP contribution in [-0.2, 0) is 9.84 Å². The molecule has 2 unspecified atom stereocenters. The third kappa shape index (κ3) is 3.55. The fourth-order valence-electron chi connectivity index (χ4n) is 2.78. The Hall–Kier alpha value is -1.01. The first-order chi connectivity index (χ1) is 9.43. The van der Waals surface area contributed by atoms with Crippen LogP contribution in [-0.4, -0.2) is 26.5 Å². The highest BCUT2D eigenvalue weighted by Crippen LogP contribution is 2.31. The van der Waals surface area contributed by atoms with Crippen LogP contribution >= 0.6 is 0 Å². The van der Waals surface area contributed by atoms with E-state index < -0.39 is 27.5 Å². The molecule has 1 aromatic rings. The molecular formula is C14H19F2NO2S. The number of sulfone groups is 1. The first-order valence-corrected chi connectivity index (χ1v) is 8.63. The summed E-state index contributed by atoms with van der Waals surface area (Å²) in [6.45, 7) is 2.43. The molecule has 0 amide bonds. The monoisotopic (exact) mass is 303 g/mol. The van der Waals surface area contributed by atoms with Gasteiger partial charge in [-0.2, -0.15) is 0 Å². The van der Waals surface area contributed by atoms with Crippen LogP contribution < -0.4 is 5.32 Å². The van der Waals surface area contributed by atoms with E-state index in [0.717, 1.165) is 0 Å². The maximum Gasteiger partial charge on any atom is 0.150 e. The largest absolute Gasteiger partial charge is 0.310 e. The van der Waals surface area contributed by atoms with Crippen LogP contribution in [0, 0.1) is 17.6 Å². The van der Waals surface area contributed by atoms with Gasteiger partial charge in [0.05, 0.1) is 11.5 Å². The molecule has 112 valence electrons. The summed E-state index contributed by atoms with van der Waals surface area (Å²) in [5.41, 5.74) is 0.0126. The Balaban J connectivity index is 2.19. The van der Waals surface area contributed by atoms with Crippen molar-refractivity contribution in [3.05, 3.63) is 35.4 Å². The van der Waals surface area contributed by atoms with Gasteiger partial charge in [0.2, 0.25) is 0 Å². The lowest BCUT2D eigenvalue weighted by Crippen LogP contribution is -2.26. The van der Waals surface area contributed by atoms with E-state index in [9.17, 15) is 17.2 Å². The van der Waals surface area contributed by atoms with Crippen molar-refractivity contribution in [2.45, 2.75) is 25.8 Å². The van der Waals surface area contributed by atoms with Gasteiger partial charge in [-0.1, -0.05) is 13.0 Å². The Morgan fingerprint density at radius 1 is 1.35 bits per heavy atom. The zero-order valence-corrected chi connectivity index (χ0v) is 12.2. The van der Waals surface area contributed by atoms with Crippen molar-refractivity contribution < 1.29 is 17.2 Å². The van der Waals surface area contributed by atoms with E-state index >= 15 is 0 Å². The number of hydrogen-bond donors (Lipinski definition) is 1. The van der Waals surface area contributed by atoms with Gasteiger partial charge in [0, 0.05) is 11.6 Å². The van der Waals surface area contributed by atoms with E-state index in [2.05, 4.69) is 5.32 Å². The summed E-state index contributed by atoms with van der Waals surface area (Å²) in [5.74, 6) is -0.919. The van der Waals surface area contributed by atoms with Crippen LogP contribution in [0.4, 0.5) is 8.78 Å². The zero-order chi connectivity index (χ0) is 14.8. The molecule has 20 heavy (non-hydrogen) atoms. The number of hydrogen-bond acceptors (Lipinski definition) is 3. The van der Waals surface area contributed by atoms with E-state index in [1.807, 2.05) is 6.92 Å². The molecule has 1 saturated heterocycles. The lowest BCUT2D eigenvalue weighted by molar-refractivity contribution is 0.395. The SMILES string of the molecule is CCNC(CC1CCS(=O)(=O)C1)c1c(F)cccc1F. The van der Waals surface area contributed by atoms with Crippen molar-refractivity contribution in [2.75, 3.05) is 18.1 Å². The molecule has 1 aromatic carbocycles. The average Bonchev–Trinajstić information content (AvgIpc) is 2.68. The highest BCUT2D eigenvalue weighted by Gasteiger charge is 2.31. The molecule has 1 N–H and O–H groups in total. The van der Waals surface area contributed by atoms with E-state index in [0.29, 0.717) is 19.4 Å². The van der Waals surface area contributed by atoms with Gasteiger partial charge in [0.25, 0.3) is 0 Å². The van der Waals surface area contributed by atoms with Crippen LogP contribution in [0.25, 0.3) is 0 Å². The van der Waals surface area contributed by atoms with Crippen LogP contribution in [0.5, 0.6) is 0 Å². The Morgan fingerprint density at radius 3 is 2.50 bits per heavy atom. The smallest absolute Gasteiger partial charge is 0.150 e. The number of halogens is 2. The second kappa shape index (κ2) is 6.18. The lowest BCUT2D eigenvalue weighted by Gasteiger charge is -2.22. The van der Waals surface area contributed by atoms with Gasteiger partial charge in [-0.25, -0.2) is 17.2 Å². The van der Waals surface area contributed by atoms with E-state index in [1.165, 1.54) is 18.2 Å². The van der Waals surface area contributed by atoms with Crippen LogP contribution in [0.3, 0.4) is 0 Å². The van der Waals surface area contributed by atoms with Gasteiger partial charge in [0.1, 0.15) is 11.6 Å².